The van der Waals surface area contributed by atoms with Gasteiger partial charge in [-0.15, -0.1) is 0 Å². The molecule has 12 heavy (non-hydrogen) atoms. The van der Waals surface area contributed by atoms with Crippen LogP contribution in [-0.2, 0) is 19.6 Å². The molecule has 0 aliphatic carbocycles. The van der Waals surface area contributed by atoms with Crippen molar-refractivity contribution in [3.63, 3.8) is 0 Å². The van der Waals surface area contributed by atoms with Crippen molar-refractivity contribution in [3.8, 4) is 0 Å². The Morgan fingerprint density at radius 2 is 1.92 bits per heavy atom. The minimum atomic E-state index is -0.581. The molecule has 0 N–H and O–H groups in total. The third-order valence-electron chi connectivity index (χ3n) is 0.741. The Balaban J connectivity index is 3.51. The second-order valence-electron chi connectivity index (χ2n) is 3.34. The zero-order valence-corrected chi connectivity index (χ0v) is 8.55. The standard InChI is InChI=1S/C7H14O4S/c1-5(12)6(8)9-11-10-7(2,3)4/h5,12H,1-4H3. The van der Waals surface area contributed by atoms with E-state index in [1.54, 1.807) is 27.7 Å². The van der Waals surface area contributed by atoms with Gasteiger partial charge in [0.15, 0.2) is 0 Å². The SMILES string of the molecule is CC(S)C(=O)OOOC(C)(C)C. The van der Waals surface area contributed by atoms with E-state index in [4.69, 9.17) is 0 Å². The van der Waals surface area contributed by atoms with Crippen molar-refractivity contribution in [1.82, 2.24) is 0 Å². The van der Waals surface area contributed by atoms with Crippen LogP contribution in [0.15, 0.2) is 0 Å². The Morgan fingerprint density at radius 1 is 1.42 bits per heavy atom. The summed E-state index contributed by atoms with van der Waals surface area (Å²) in [5, 5.41) is 3.70. The van der Waals surface area contributed by atoms with E-state index in [9.17, 15) is 4.79 Å². The summed E-state index contributed by atoms with van der Waals surface area (Å²) in [6.07, 6.45) is 0. The van der Waals surface area contributed by atoms with Gasteiger partial charge in [-0.25, -0.2) is 4.79 Å². The highest BCUT2D eigenvalue weighted by molar-refractivity contribution is 7.81. The van der Waals surface area contributed by atoms with Crippen molar-refractivity contribution in [2.45, 2.75) is 38.5 Å². The molecule has 1 unspecified atom stereocenters. The maximum Gasteiger partial charge on any atom is 0.357 e. The molecule has 0 aliphatic heterocycles. The lowest BCUT2D eigenvalue weighted by atomic mass is 10.2. The van der Waals surface area contributed by atoms with Crippen LogP contribution in [0.4, 0.5) is 0 Å². The maximum absolute atomic E-state index is 10.7. The van der Waals surface area contributed by atoms with Gasteiger partial charge in [0.2, 0.25) is 0 Å². The number of thiol groups is 1. The summed E-state index contributed by atoms with van der Waals surface area (Å²) in [4.78, 5) is 19.6. The molecule has 0 aromatic heterocycles. The summed E-state index contributed by atoms with van der Waals surface area (Å²) in [5.41, 5.74) is -0.500. The van der Waals surface area contributed by atoms with Crippen LogP contribution in [0.3, 0.4) is 0 Å². The van der Waals surface area contributed by atoms with Gasteiger partial charge in [-0.3, -0.25) is 4.89 Å². The molecular formula is C7H14O4S. The minimum Gasteiger partial charge on any atom is -0.268 e. The molecule has 0 saturated carbocycles. The molecule has 0 radical (unpaired) electrons. The molecule has 1 atom stereocenters. The molecule has 0 spiro atoms. The van der Waals surface area contributed by atoms with Crippen molar-refractivity contribution < 1.29 is 19.6 Å². The first-order valence-corrected chi connectivity index (χ1v) is 4.09. The minimum absolute atomic E-state index is 0.500. The summed E-state index contributed by atoms with van der Waals surface area (Å²) in [5.74, 6) is -0.581. The molecule has 0 heterocycles. The monoisotopic (exact) mass is 194 g/mol. The first-order valence-electron chi connectivity index (χ1n) is 3.57. The second kappa shape index (κ2) is 4.69. The average Bonchev–Trinajstić information content (AvgIpc) is 1.84. The van der Waals surface area contributed by atoms with E-state index in [0.717, 1.165) is 0 Å². The molecule has 72 valence electrons. The van der Waals surface area contributed by atoms with E-state index < -0.39 is 16.8 Å². The molecule has 0 aromatic carbocycles. The Kier molecular flexibility index (Phi) is 4.59. The average molecular weight is 194 g/mol. The van der Waals surface area contributed by atoms with E-state index >= 15 is 0 Å². The molecule has 0 saturated heterocycles. The number of hydrogen-bond donors (Lipinski definition) is 1. The Morgan fingerprint density at radius 3 is 2.25 bits per heavy atom. The van der Waals surface area contributed by atoms with Gasteiger partial charge >= 0.3 is 5.97 Å². The van der Waals surface area contributed by atoms with Gasteiger partial charge in [-0.1, -0.05) is 0 Å². The molecule has 0 amide bonds. The van der Waals surface area contributed by atoms with Gasteiger partial charge in [0.25, 0.3) is 0 Å². The highest BCUT2D eigenvalue weighted by atomic mass is 32.1. The molecule has 0 rings (SSSR count). The normalized spacial score (nSPS) is 14.1. The summed E-state index contributed by atoms with van der Waals surface area (Å²) in [6.45, 7) is 6.88. The number of carbonyl (C=O) groups is 1. The quantitative estimate of drug-likeness (QED) is 0.420. The van der Waals surface area contributed by atoms with Gasteiger partial charge in [0.05, 0.1) is 5.60 Å². The molecule has 0 aliphatic rings. The lowest BCUT2D eigenvalue weighted by Gasteiger charge is -2.15. The summed E-state index contributed by atoms with van der Waals surface area (Å²) in [6, 6.07) is 0. The van der Waals surface area contributed by atoms with E-state index in [2.05, 4.69) is 27.4 Å². The first-order chi connectivity index (χ1) is 5.33. The molecular weight excluding hydrogens is 180 g/mol. The van der Waals surface area contributed by atoms with Crippen LogP contribution >= 0.6 is 12.6 Å². The predicted molar refractivity (Wildman–Crippen MR) is 46.5 cm³/mol. The van der Waals surface area contributed by atoms with Crippen molar-refractivity contribution in [3.05, 3.63) is 0 Å². The summed E-state index contributed by atoms with van der Waals surface area (Å²) < 4.78 is 0. The number of carbonyl (C=O) groups excluding carboxylic acids is 1. The topological polar surface area (TPSA) is 44.8 Å². The van der Waals surface area contributed by atoms with Crippen LogP contribution in [0.1, 0.15) is 27.7 Å². The van der Waals surface area contributed by atoms with E-state index in [0.29, 0.717) is 0 Å². The summed E-state index contributed by atoms with van der Waals surface area (Å²) >= 11 is 3.83. The van der Waals surface area contributed by atoms with Crippen molar-refractivity contribution in [2.75, 3.05) is 0 Å². The van der Waals surface area contributed by atoms with Gasteiger partial charge in [0.1, 0.15) is 5.25 Å². The first kappa shape index (κ1) is 11.7. The van der Waals surface area contributed by atoms with Crippen molar-refractivity contribution >= 4 is 18.6 Å². The third-order valence-corrected chi connectivity index (χ3v) is 0.952. The molecule has 0 fully saturated rings. The van der Waals surface area contributed by atoms with Crippen molar-refractivity contribution in [1.29, 1.82) is 0 Å². The van der Waals surface area contributed by atoms with E-state index in [1.807, 2.05) is 0 Å². The predicted octanol–water partition coefficient (Wildman–Crippen LogP) is 1.51. The van der Waals surface area contributed by atoms with E-state index in [-0.39, 0.29) is 0 Å². The molecule has 5 heteroatoms. The third kappa shape index (κ3) is 6.45. The second-order valence-corrected chi connectivity index (χ2v) is 4.12. The zero-order valence-electron chi connectivity index (χ0n) is 7.66. The fourth-order valence-corrected chi connectivity index (χ4v) is 0.265. The number of hydrogen-bond acceptors (Lipinski definition) is 5. The fraction of sp³-hybridized carbons (Fsp3) is 0.857. The summed E-state index contributed by atoms with van der Waals surface area (Å²) in [7, 11) is 0. The van der Waals surface area contributed by atoms with E-state index in [1.165, 1.54) is 0 Å². The van der Waals surface area contributed by atoms with Crippen molar-refractivity contribution in [2.24, 2.45) is 0 Å². The van der Waals surface area contributed by atoms with Gasteiger partial charge in [-0.05, 0) is 32.7 Å². The maximum atomic E-state index is 10.7. The smallest absolute Gasteiger partial charge is 0.268 e. The molecule has 4 nitrogen and oxygen atoms in total. The van der Waals surface area contributed by atoms with Crippen LogP contribution < -0.4 is 0 Å². The van der Waals surface area contributed by atoms with Crippen LogP contribution in [0, 0.1) is 0 Å². The Labute approximate surface area is 77.4 Å². The zero-order chi connectivity index (χ0) is 9.78. The fourth-order valence-electron chi connectivity index (χ4n) is 0.222. The lowest BCUT2D eigenvalue weighted by molar-refractivity contribution is -0.514. The number of rotatable bonds is 3. The molecule has 0 aromatic rings. The lowest BCUT2D eigenvalue weighted by Crippen LogP contribution is -2.22. The van der Waals surface area contributed by atoms with Crippen LogP contribution in [0.5, 0.6) is 0 Å². The highest BCUT2D eigenvalue weighted by Gasteiger charge is 2.15. The largest absolute Gasteiger partial charge is 0.357 e. The highest BCUT2D eigenvalue weighted by Crippen LogP contribution is 2.07. The van der Waals surface area contributed by atoms with Crippen LogP contribution in [-0.4, -0.2) is 16.8 Å². The Hall–Kier alpha value is -0.260. The van der Waals surface area contributed by atoms with Crippen LogP contribution in [0.2, 0.25) is 0 Å². The van der Waals surface area contributed by atoms with Gasteiger partial charge < -0.3 is 0 Å². The Bertz CT molecular complexity index is 150. The van der Waals surface area contributed by atoms with Crippen LogP contribution in [0.25, 0.3) is 0 Å². The van der Waals surface area contributed by atoms with Gasteiger partial charge in [0, 0.05) is 0 Å². The molecule has 0 bridgehead atoms. The van der Waals surface area contributed by atoms with Gasteiger partial charge in [-0.2, -0.15) is 17.5 Å².